The van der Waals surface area contributed by atoms with Crippen LogP contribution in [0, 0.1) is 18.6 Å². The van der Waals surface area contributed by atoms with E-state index >= 15 is 0 Å². The zero-order chi connectivity index (χ0) is 16.0. The maximum Gasteiger partial charge on any atom is 0.164 e. The van der Waals surface area contributed by atoms with Crippen LogP contribution in [0.25, 0.3) is 0 Å². The Morgan fingerprint density at radius 2 is 1.95 bits per heavy atom. The zero-order valence-electron chi connectivity index (χ0n) is 12.6. The SMILES string of the molecule is CC1=C(C)C(c2ccc(C)c(F)c2F)n2nc(CO)cc2N1. The Labute approximate surface area is 127 Å². The van der Waals surface area contributed by atoms with Crippen LogP contribution < -0.4 is 5.32 Å². The van der Waals surface area contributed by atoms with Crippen LogP contribution in [0.5, 0.6) is 0 Å². The summed E-state index contributed by atoms with van der Waals surface area (Å²) < 4.78 is 29.9. The fraction of sp³-hybridized carbons (Fsp3) is 0.312. The molecule has 0 fully saturated rings. The van der Waals surface area contributed by atoms with Crippen LogP contribution in [0.4, 0.5) is 14.6 Å². The second-order valence-corrected chi connectivity index (χ2v) is 5.56. The molecular weight excluding hydrogens is 288 g/mol. The summed E-state index contributed by atoms with van der Waals surface area (Å²) in [4.78, 5) is 0. The van der Waals surface area contributed by atoms with E-state index in [4.69, 9.17) is 0 Å². The number of rotatable bonds is 2. The number of hydrogen-bond donors (Lipinski definition) is 2. The summed E-state index contributed by atoms with van der Waals surface area (Å²) in [5.41, 5.74) is 2.69. The van der Waals surface area contributed by atoms with Crippen molar-refractivity contribution in [1.29, 1.82) is 0 Å². The van der Waals surface area contributed by atoms with Crippen molar-refractivity contribution in [2.45, 2.75) is 33.4 Å². The standard InChI is InChI=1S/C16H17F2N3O/c1-8-4-5-12(15(18)14(8)17)16-9(2)10(3)19-13-6-11(7-22)20-21(13)16/h4-6,16,19,22H,7H2,1-3H3. The minimum atomic E-state index is -0.856. The van der Waals surface area contributed by atoms with Crippen molar-refractivity contribution in [3.8, 4) is 0 Å². The highest BCUT2D eigenvalue weighted by Gasteiger charge is 2.30. The molecule has 22 heavy (non-hydrogen) atoms. The Kier molecular flexibility index (Phi) is 3.48. The number of aliphatic hydroxyl groups excluding tert-OH is 1. The predicted octanol–water partition coefficient (Wildman–Crippen LogP) is 3.27. The van der Waals surface area contributed by atoms with E-state index in [0.29, 0.717) is 11.5 Å². The molecule has 116 valence electrons. The number of aliphatic hydroxyl groups is 1. The molecule has 1 atom stereocenters. The van der Waals surface area contributed by atoms with Gasteiger partial charge in [-0.05, 0) is 31.9 Å². The average molecular weight is 305 g/mol. The molecule has 4 nitrogen and oxygen atoms in total. The van der Waals surface area contributed by atoms with Crippen molar-refractivity contribution in [3.05, 3.63) is 57.9 Å². The number of hydrogen-bond acceptors (Lipinski definition) is 3. The number of halogens is 2. The lowest BCUT2D eigenvalue weighted by atomic mass is 9.95. The van der Waals surface area contributed by atoms with E-state index in [1.54, 1.807) is 22.9 Å². The van der Waals surface area contributed by atoms with Crippen molar-refractivity contribution in [2.24, 2.45) is 0 Å². The molecule has 2 aromatic rings. The number of benzene rings is 1. The molecule has 0 radical (unpaired) electrons. The summed E-state index contributed by atoms with van der Waals surface area (Å²) in [7, 11) is 0. The summed E-state index contributed by atoms with van der Waals surface area (Å²) in [6.07, 6.45) is 0. The number of anilines is 1. The Morgan fingerprint density at radius 1 is 1.23 bits per heavy atom. The van der Waals surface area contributed by atoms with Crippen molar-refractivity contribution in [1.82, 2.24) is 9.78 Å². The summed E-state index contributed by atoms with van der Waals surface area (Å²) in [5.74, 6) is -1.04. The van der Waals surface area contributed by atoms with E-state index in [2.05, 4.69) is 10.4 Å². The van der Waals surface area contributed by atoms with Crippen LogP contribution in [0.15, 0.2) is 29.5 Å². The molecule has 0 saturated carbocycles. The van der Waals surface area contributed by atoms with Crippen LogP contribution in [0.1, 0.15) is 36.7 Å². The molecule has 1 aromatic carbocycles. The van der Waals surface area contributed by atoms with Gasteiger partial charge in [0.1, 0.15) is 11.9 Å². The van der Waals surface area contributed by atoms with Gasteiger partial charge in [0.15, 0.2) is 11.6 Å². The maximum absolute atomic E-state index is 14.4. The highest BCUT2D eigenvalue weighted by atomic mass is 19.2. The molecular formula is C16H17F2N3O. The van der Waals surface area contributed by atoms with E-state index in [-0.39, 0.29) is 17.7 Å². The molecule has 1 unspecified atom stereocenters. The average Bonchev–Trinajstić information content (AvgIpc) is 2.90. The second kappa shape index (κ2) is 5.21. The van der Waals surface area contributed by atoms with Crippen LogP contribution >= 0.6 is 0 Å². The fourth-order valence-electron chi connectivity index (χ4n) is 2.73. The summed E-state index contributed by atoms with van der Waals surface area (Å²) in [6.45, 7) is 5.05. The van der Waals surface area contributed by atoms with Gasteiger partial charge in [0.25, 0.3) is 0 Å². The Balaban J connectivity index is 2.21. The van der Waals surface area contributed by atoms with Gasteiger partial charge in [-0.1, -0.05) is 12.1 Å². The van der Waals surface area contributed by atoms with Crippen LogP contribution in [-0.4, -0.2) is 14.9 Å². The van der Waals surface area contributed by atoms with Crippen LogP contribution in [0.2, 0.25) is 0 Å². The molecule has 3 rings (SSSR count). The van der Waals surface area contributed by atoms with Gasteiger partial charge in [-0.2, -0.15) is 5.10 Å². The predicted molar refractivity (Wildman–Crippen MR) is 79.4 cm³/mol. The number of nitrogens with one attached hydrogen (secondary N) is 1. The molecule has 2 heterocycles. The minimum absolute atomic E-state index is 0.211. The van der Waals surface area contributed by atoms with Crippen LogP contribution in [0.3, 0.4) is 0 Å². The molecule has 0 amide bonds. The van der Waals surface area contributed by atoms with Crippen molar-refractivity contribution in [3.63, 3.8) is 0 Å². The lowest BCUT2D eigenvalue weighted by Gasteiger charge is -2.29. The van der Waals surface area contributed by atoms with Gasteiger partial charge in [-0.25, -0.2) is 13.5 Å². The highest BCUT2D eigenvalue weighted by Crippen LogP contribution is 2.37. The topological polar surface area (TPSA) is 50.1 Å². The smallest absolute Gasteiger partial charge is 0.164 e. The first kappa shape index (κ1) is 14.7. The number of fused-ring (bicyclic) bond motifs is 1. The third kappa shape index (κ3) is 2.11. The first-order valence-corrected chi connectivity index (χ1v) is 7.02. The number of aryl methyl sites for hydroxylation is 1. The van der Waals surface area contributed by atoms with E-state index in [0.717, 1.165) is 11.3 Å². The molecule has 6 heteroatoms. The quantitative estimate of drug-likeness (QED) is 0.895. The van der Waals surface area contributed by atoms with Gasteiger partial charge >= 0.3 is 0 Å². The maximum atomic E-state index is 14.4. The zero-order valence-corrected chi connectivity index (χ0v) is 12.6. The Morgan fingerprint density at radius 3 is 2.64 bits per heavy atom. The number of nitrogens with zero attached hydrogens (tertiary/aromatic N) is 2. The first-order chi connectivity index (χ1) is 10.4. The van der Waals surface area contributed by atoms with Crippen molar-refractivity contribution < 1.29 is 13.9 Å². The van der Waals surface area contributed by atoms with E-state index in [1.165, 1.54) is 6.92 Å². The van der Waals surface area contributed by atoms with Gasteiger partial charge < -0.3 is 10.4 Å². The minimum Gasteiger partial charge on any atom is -0.390 e. The molecule has 1 aliphatic rings. The molecule has 1 aromatic heterocycles. The summed E-state index contributed by atoms with van der Waals surface area (Å²) in [6, 6.07) is 4.32. The van der Waals surface area contributed by atoms with E-state index in [1.807, 2.05) is 13.8 Å². The molecule has 2 N–H and O–H groups in total. The van der Waals surface area contributed by atoms with Crippen LogP contribution in [-0.2, 0) is 6.61 Å². The highest BCUT2D eigenvalue weighted by molar-refractivity contribution is 5.52. The first-order valence-electron chi connectivity index (χ1n) is 7.02. The lowest BCUT2D eigenvalue weighted by molar-refractivity contribution is 0.275. The Bertz CT molecular complexity index is 780. The number of aromatic nitrogens is 2. The third-order valence-electron chi connectivity index (χ3n) is 4.11. The monoisotopic (exact) mass is 305 g/mol. The van der Waals surface area contributed by atoms with E-state index in [9.17, 15) is 13.9 Å². The summed E-state index contributed by atoms with van der Waals surface area (Å²) in [5, 5.41) is 16.7. The molecule has 0 saturated heterocycles. The third-order valence-corrected chi connectivity index (χ3v) is 4.11. The lowest BCUT2D eigenvalue weighted by Crippen LogP contribution is -2.24. The van der Waals surface area contributed by atoms with Crippen molar-refractivity contribution >= 4 is 5.82 Å². The molecule has 0 spiro atoms. The van der Waals surface area contributed by atoms with Gasteiger partial charge in [0.2, 0.25) is 0 Å². The number of allylic oxidation sites excluding steroid dienone is 2. The molecule has 1 aliphatic heterocycles. The molecule has 0 bridgehead atoms. The Hall–Kier alpha value is -2.21. The van der Waals surface area contributed by atoms with Gasteiger partial charge in [-0.3, -0.25) is 0 Å². The van der Waals surface area contributed by atoms with Gasteiger partial charge in [-0.15, -0.1) is 0 Å². The largest absolute Gasteiger partial charge is 0.390 e. The molecule has 0 aliphatic carbocycles. The van der Waals surface area contributed by atoms with E-state index < -0.39 is 17.7 Å². The van der Waals surface area contributed by atoms with Crippen molar-refractivity contribution in [2.75, 3.05) is 5.32 Å². The second-order valence-electron chi connectivity index (χ2n) is 5.56. The fourth-order valence-corrected chi connectivity index (χ4v) is 2.73. The normalized spacial score (nSPS) is 17.5. The van der Waals surface area contributed by atoms with Gasteiger partial charge in [0, 0.05) is 17.3 Å². The van der Waals surface area contributed by atoms with Gasteiger partial charge in [0.05, 0.1) is 12.3 Å². The summed E-state index contributed by atoms with van der Waals surface area (Å²) >= 11 is 0.